The number of halogens is 2. The highest BCUT2D eigenvalue weighted by molar-refractivity contribution is 5.90. The van der Waals surface area contributed by atoms with E-state index in [1.807, 2.05) is 6.92 Å². The van der Waals surface area contributed by atoms with Gasteiger partial charge in [-0.15, -0.1) is 12.4 Å². The molecule has 4 nitrogen and oxygen atoms in total. The van der Waals surface area contributed by atoms with Crippen molar-refractivity contribution in [3.05, 3.63) is 30.1 Å². The summed E-state index contributed by atoms with van der Waals surface area (Å²) in [5.41, 5.74) is 6.13. The molecule has 1 aliphatic heterocycles. The molecule has 0 saturated carbocycles. The Kier molecular flexibility index (Phi) is 7.08. The van der Waals surface area contributed by atoms with Crippen LogP contribution in [0.4, 0.5) is 10.1 Å². The second-order valence-electron chi connectivity index (χ2n) is 5.49. The van der Waals surface area contributed by atoms with E-state index in [4.69, 9.17) is 5.73 Å². The summed E-state index contributed by atoms with van der Waals surface area (Å²) in [6.07, 6.45) is 1.46. The van der Waals surface area contributed by atoms with E-state index in [1.165, 1.54) is 6.07 Å². The molecule has 0 spiro atoms. The van der Waals surface area contributed by atoms with E-state index in [1.54, 1.807) is 18.2 Å². The maximum Gasteiger partial charge on any atom is 0.225 e. The van der Waals surface area contributed by atoms with Crippen molar-refractivity contribution in [2.24, 2.45) is 11.7 Å². The minimum atomic E-state index is -0.404. The molecule has 118 valence electrons. The van der Waals surface area contributed by atoms with E-state index in [0.29, 0.717) is 18.9 Å². The molecule has 1 fully saturated rings. The van der Waals surface area contributed by atoms with Gasteiger partial charge in [-0.05, 0) is 37.9 Å². The Hall–Kier alpha value is -1.17. The number of nitrogens with two attached hydrogens (primary N) is 1. The van der Waals surface area contributed by atoms with Gasteiger partial charge in [-0.1, -0.05) is 12.1 Å². The zero-order chi connectivity index (χ0) is 14.5. The lowest BCUT2D eigenvalue weighted by atomic mass is 10.0. The number of amides is 1. The van der Waals surface area contributed by atoms with Gasteiger partial charge in [-0.3, -0.25) is 4.79 Å². The number of carbonyl (C=O) groups excluding carboxylic acids is 1. The molecule has 3 N–H and O–H groups in total. The molecular formula is C15H23ClFN3O. The average molecular weight is 316 g/mol. The molecule has 0 aromatic heterocycles. The van der Waals surface area contributed by atoms with Crippen LogP contribution < -0.4 is 11.1 Å². The van der Waals surface area contributed by atoms with Crippen LogP contribution in [0, 0.1) is 11.7 Å². The van der Waals surface area contributed by atoms with Gasteiger partial charge in [0.2, 0.25) is 5.91 Å². The maximum absolute atomic E-state index is 13.4. The minimum Gasteiger partial charge on any atom is -0.328 e. The highest BCUT2D eigenvalue weighted by Crippen LogP contribution is 2.19. The Morgan fingerprint density at radius 2 is 2.24 bits per heavy atom. The first kappa shape index (κ1) is 17.9. The lowest BCUT2D eigenvalue weighted by molar-refractivity contribution is -0.116. The number of anilines is 1. The molecule has 1 aromatic rings. The molecule has 2 unspecified atom stereocenters. The summed E-state index contributed by atoms with van der Waals surface area (Å²) in [5, 5.41) is 2.60. The zero-order valence-electron chi connectivity index (χ0n) is 12.2. The fraction of sp³-hybridized carbons (Fsp3) is 0.533. The standard InChI is InChI=1S/C15H22FN3O.ClH/c1-11(17)12-6-8-19(10-12)9-7-15(20)18-14-5-3-2-4-13(14)16;/h2-5,11-12H,6-10,17H2,1H3,(H,18,20);1H. The Bertz CT molecular complexity index is 470. The first-order valence-electron chi connectivity index (χ1n) is 7.08. The molecule has 0 aliphatic carbocycles. The first-order valence-corrected chi connectivity index (χ1v) is 7.08. The van der Waals surface area contributed by atoms with Gasteiger partial charge in [0.25, 0.3) is 0 Å². The second-order valence-corrected chi connectivity index (χ2v) is 5.49. The van der Waals surface area contributed by atoms with E-state index >= 15 is 0 Å². The van der Waals surface area contributed by atoms with Gasteiger partial charge in [-0.25, -0.2) is 4.39 Å². The van der Waals surface area contributed by atoms with Gasteiger partial charge >= 0.3 is 0 Å². The molecule has 0 bridgehead atoms. The van der Waals surface area contributed by atoms with Crippen molar-refractivity contribution < 1.29 is 9.18 Å². The van der Waals surface area contributed by atoms with Crippen LogP contribution in [-0.2, 0) is 4.79 Å². The van der Waals surface area contributed by atoms with Gasteiger partial charge in [0.15, 0.2) is 0 Å². The lowest BCUT2D eigenvalue weighted by Crippen LogP contribution is -2.31. The third-order valence-electron chi connectivity index (χ3n) is 3.86. The monoisotopic (exact) mass is 315 g/mol. The van der Waals surface area contributed by atoms with Gasteiger partial charge in [-0.2, -0.15) is 0 Å². The number of para-hydroxylation sites is 1. The molecule has 2 atom stereocenters. The van der Waals surface area contributed by atoms with Crippen molar-refractivity contribution in [1.29, 1.82) is 0 Å². The first-order chi connectivity index (χ1) is 9.56. The van der Waals surface area contributed by atoms with Gasteiger partial charge in [0.1, 0.15) is 5.82 Å². The van der Waals surface area contributed by atoms with Crippen LogP contribution in [0.5, 0.6) is 0 Å². The Morgan fingerprint density at radius 3 is 2.86 bits per heavy atom. The van der Waals surface area contributed by atoms with E-state index in [2.05, 4.69) is 10.2 Å². The SMILES string of the molecule is CC(N)C1CCN(CCC(=O)Nc2ccccc2F)C1.Cl. The van der Waals surface area contributed by atoms with E-state index in [9.17, 15) is 9.18 Å². The molecule has 1 amide bonds. The van der Waals surface area contributed by atoms with E-state index in [-0.39, 0.29) is 30.0 Å². The molecular weight excluding hydrogens is 293 g/mol. The quantitative estimate of drug-likeness (QED) is 0.876. The average Bonchev–Trinajstić information content (AvgIpc) is 2.88. The van der Waals surface area contributed by atoms with Crippen molar-refractivity contribution in [3.63, 3.8) is 0 Å². The molecule has 6 heteroatoms. The van der Waals surface area contributed by atoms with Crippen LogP contribution in [0.25, 0.3) is 0 Å². The predicted octanol–water partition coefficient (Wildman–Crippen LogP) is 2.25. The number of nitrogens with zero attached hydrogens (tertiary/aromatic N) is 1. The minimum absolute atomic E-state index is 0. The summed E-state index contributed by atoms with van der Waals surface area (Å²) < 4.78 is 13.4. The summed E-state index contributed by atoms with van der Waals surface area (Å²) in [7, 11) is 0. The van der Waals surface area contributed by atoms with Crippen molar-refractivity contribution in [2.75, 3.05) is 25.0 Å². The molecule has 21 heavy (non-hydrogen) atoms. The summed E-state index contributed by atoms with van der Waals surface area (Å²) >= 11 is 0. The molecule has 1 heterocycles. The second kappa shape index (κ2) is 8.32. The summed E-state index contributed by atoms with van der Waals surface area (Å²) in [6, 6.07) is 6.40. The summed E-state index contributed by atoms with van der Waals surface area (Å²) in [6.45, 7) is 4.66. The fourth-order valence-electron chi connectivity index (χ4n) is 2.53. The number of nitrogens with one attached hydrogen (secondary N) is 1. The number of likely N-dealkylation sites (tertiary alicyclic amines) is 1. The van der Waals surface area contributed by atoms with Gasteiger partial charge in [0, 0.05) is 25.6 Å². The molecule has 1 aliphatic rings. The number of hydrogen-bond acceptors (Lipinski definition) is 3. The topological polar surface area (TPSA) is 58.4 Å². The van der Waals surface area contributed by atoms with E-state index < -0.39 is 5.82 Å². The Morgan fingerprint density at radius 1 is 1.52 bits per heavy atom. The fourth-order valence-corrected chi connectivity index (χ4v) is 2.53. The Balaban J connectivity index is 0.00000220. The third-order valence-corrected chi connectivity index (χ3v) is 3.86. The van der Waals surface area contributed by atoms with Crippen molar-refractivity contribution in [2.45, 2.75) is 25.8 Å². The maximum atomic E-state index is 13.4. The predicted molar refractivity (Wildman–Crippen MR) is 85.1 cm³/mol. The molecule has 2 rings (SSSR count). The number of carbonyl (C=O) groups is 1. The number of benzene rings is 1. The van der Waals surface area contributed by atoms with Gasteiger partial charge < -0.3 is 16.0 Å². The van der Waals surface area contributed by atoms with Crippen LogP contribution in [0.1, 0.15) is 19.8 Å². The third kappa shape index (κ3) is 5.26. The van der Waals surface area contributed by atoms with Crippen LogP contribution in [0.3, 0.4) is 0 Å². The van der Waals surface area contributed by atoms with Crippen LogP contribution in [0.15, 0.2) is 24.3 Å². The lowest BCUT2D eigenvalue weighted by Gasteiger charge is -2.17. The normalized spacial score (nSPS) is 19.9. The van der Waals surface area contributed by atoms with Crippen molar-refractivity contribution >= 4 is 24.0 Å². The summed E-state index contributed by atoms with van der Waals surface area (Å²) in [4.78, 5) is 14.1. The molecule has 1 saturated heterocycles. The van der Waals surface area contributed by atoms with Gasteiger partial charge in [0.05, 0.1) is 5.69 Å². The van der Waals surface area contributed by atoms with Crippen LogP contribution in [-0.4, -0.2) is 36.5 Å². The van der Waals surface area contributed by atoms with E-state index in [0.717, 1.165) is 19.5 Å². The largest absolute Gasteiger partial charge is 0.328 e. The zero-order valence-corrected chi connectivity index (χ0v) is 13.0. The van der Waals surface area contributed by atoms with Crippen molar-refractivity contribution in [3.8, 4) is 0 Å². The Labute approximate surface area is 131 Å². The smallest absolute Gasteiger partial charge is 0.225 e. The van der Waals surface area contributed by atoms with Crippen molar-refractivity contribution in [1.82, 2.24) is 4.90 Å². The van der Waals surface area contributed by atoms with Crippen LogP contribution in [0.2, 0.25) is 0 Å². The highest BCUT2D eigenvalue weighted by Gasteiger charge is 2.25. The summed E-state index contributed by atoms with van der Waals surface area (Å²) in [5.74, 6) is -0.0389. The molecule has 1 aromatic carbocycles. The number of rotatable bonds is 5. The molecule has 0 radical (unpaired) electrons. The van der Waals surface area contributed by atoms with Crippen LogP contribution >= 0.6 is 12.4 Å². The number of hydrogen-bond donors (Lipinski definition) is 2. The highest BCUT2D eigenvalue weighted by atomic mass is 35.5.